The first-order valence-corrected chi connectivity index (χ1v) is 19.3. The SMILES string of the molecule is COC(=O)C(C(=O)OC)C1OC[C@H](OS(=O)(=O)[O-])[C@@H](C[S+]2C[C@@H](OCc3ccccc3)[C@H](OCc3ccccc3)[C@H]2COCc2ccccc2)O1. The first-order valence-electron chi connectivity index (χ1n) is 16.3. The van der Waals surface area contributed by atoms with Crippen molar-refractivity contribution >= 4 is 33.2 Å². The van der Waals surface area contributed by atoms with E-state index in [9.17, 15) is 22.6 Å². The molecule has 0 bridgehead atoms. The molecule has 0 N–H and O–H groups in total. The topological polar surface area (TPSA) is 165 Å². The molecular weight excluding hydrogens is 705 g/mol. The summed E-state index contributed by atoms with van der Waals surface area (Å²) in [5.74, 6) is -2.95. The van der Waals surface area contributed by atoms with Crippen LogP contribution >= 0.6 is 0 Å². The van der Waals surface area contributed by atoms with E-state index >= 15 is 0 Å². The minimum Gasteiger partial charge on any atom is -0.726 e. The molecule has 13 nitrogen and oxygen atoms in total. The van der Waals surface area contributed by atoms with Crippen molar-refractivity contribution < 1.29 is 59.9 Å². The minimum absolute atomic E-state index is 0.144. The Balaban J connectivity index is 1.43. The van der Waals surface area contributed by atoms with Gasteiger partial charge < -0.3 is 37.7 Å². The van der Waals surface area contributed by atoms with Crippen molar-refractivity contribution in [2.45, 2.75) is 55.8 Å². The molecule has 2 fully saturated rings. The molecule has 15 heteroatoms. The molecular formula is C36H42O13S2. The smallest absolute Gasteiger partial charge is 0.325 e. The molecule has 276 valence electrons. The number of hydrogen-bond donors (Lipinski definition) is 0. The molecule has 3 aromatic rings. The monoisotopic (exact) mass is 746 g/mol. The molecule has 51 heavy (non-hydrogen) atoms. The van der Waals surface area contributed by atoms with Crippen molar-refractivity contribution in [1.29, 1.82) is 0 Å². The van der Waals surface area contributed by atoms with E-state index in [1.54, 1.807) is 0 Å². The van der Waals surface area contributed by atoms with Crippen LogP contribution in [0.1, 0.15) is 16.7 Å². The van der Waals surface area contributed by atoms with E-state index < -0.39 is 76.5 Å². The average molecular weight is 747 g/mol. The first kappa shape index (κ1) is 38.8. The van der Waals surface area contributed by atoms with Gasteiger partial charge in [0.15, 0.2) is 11.5 Å². The van der Waals surface area contributed by atoms with E-state index in [2.05, 4.69) is 0 Å². The molecule has 3 aromatic carbocycles. The number of hydrogen-bond acceptors (Lipinski definition) is 13. The number of carbonyl (C=O) groups is 2. The maximum absolute atomic E-state index is 12.6. The second kappa shape index (κ2) is 18.9. The van der Waals surface area contributed by atoms with Crippen LogP contribution in [0.2, 0.25) is 0 Å². The van der Waals surface area contributed by atoms with Crippen LogP contribution in [-0.4, -0.2) is 99.8 Å². The van der Waals surface area contributed by atoms with Crippen LogP contribution in [0.5, 0.6) is 0 Å². The molecule has 2 unspecified atom stereocenters. The second-order valence-electron chi connectivity index (χ2n) is 11.9. The number of benzene rings is 3. The zero-order valence-corrected chi connectivity index (χ0v) is 29.9. The maximum atomic E-state index is 12.6. The molecule has 2 aliphatic heterocycles. The number of rotatable bonds is 17. The lowest BCUT2D eigenvalue weighted by Gasteiger charge is -2.37. The molecule has 0 amide bonds. The summed E-state index contributed by atoms with van der Waals surface area (Å²) in [4.78, 5) is 25.2. The van der Waals surface area contributed by atoms with Gasteiger partial charge in [-0.2, -0.15) is 0 Å². The highest BCUT2D eigenvalue weighted by Crippen LogP contribution is 2.34. The van der Waals surface area contributed by atoms with E-state index in [0.717, 1.165) is 30.9 Å². The van der Waals surface area contributed by atoms with Crippen molar-refractivity contribution in [2.24, 2.45) is 5.92 Å². The lowest BCUT2D eigenvalue weighted by atomic mass is 10.1. The first-order chi connectivity index (χ1) is 24.6. The summed E-state index contributed by atoms with van der Waals surface area (Å²) in [5, 5.41) is -0.274. The number of esters is 2. The Kier molecular flexibility index (Phi) is 14.4. The molecule has 2 aliphatic rings. The van der Waals surface area contributed by atoms with E-state index in [1.165, 1.54) is 0 Å². The average Bonchev–Trinajstić information content (AvgIpc) is 3.46. The molecule has 0 saturated carbocycles. The number of ether oxygens (including phenoxy) is 7. The van der Waals surface area contributed by atoms with E-state index in [-0.39, 0.29) is 17.6 Å². The third kappa shape index (κ3) is 11.3. The van der Waals surface area contributed by atoms with Gasteiger partial charge in [0.25, 0.3) is 0 Å². The van der Waals surface area contributed by atoms with E-state index in [1.807, 2.05) is 91.0 Å². The van der Waals surface area contributed by atoms with Gasteiger partial charge >= 0.3 is 11.9 Å². The molecule has 0 radical (unpaired) electrons. The zero-order valence-electron chi connectivity index (χ0n) is 28.3. The van der Waals surface area contributed by atoms with Gasteiger partial charge in [0.2, 0.25) is 16.3 Å². The van der Waals surface area contributed by atoms with Gasteiger partial charge in [0.1, 0.15) is 35.9 Å². The van der Waals surface area contributed by atoms with Gasteiger partial charge in [-0.25, -0.2) is 8.42 Å². The summed E-state index contributed by atoms with van der Waals surface area (Å²) >= 11 is 0. The Morgan fingerprint density at radius 3 is 1.86 bits per heavy atom. The highest BCUT2D eigenvalue weighted by atomic mass is 32.3. The molecule has 5 rings (SSSR count). The Bertz CT molecular complexity index is 1610. The highest BCUT2D eigenvalue weighted by Gasteiger charge is 2.55. The Morgan fingerprint density at radius 2 is 1.33 bits per heavy atom. The zero-order chi connectivity index (χ0) is 36.2. The highest BCUT2D eigenvalue weighted by molar-refractivity contribution is 7.97. The van der Waals surface area contributed by atoms with Crippen LogP contribution in [0.3, 0.4) is 0 Å². The quantitative estimate of drug-likeness (QED) is 0.0652. The molecule has 2 heterocycles. The van der Waals surface area contributed by atoms with Crippen molar-refractivity contribution in [3.8, 4) is 0 Å². The molecule has 2 saturated heterocycles. The maximum Gasteiger partial charge on any atom is 0.325 e. The number of methoxy groups -OCH3 is 2. The van der Waals surface area contributed by atoms with E-state index in [0.29, 0.717) is 25.6 Å². The second-order valence-corrected chi connectivity index (χ2v) is 15.3. The van der Waals surface area contributed by atoms with Crippen LogP contribution in [-0.2, 0) is 88.0 Å². The Labute approximate surface area is 300 Å². The van der Waals surface area contributed by atoms with Crippen LogP contribution < -0.4 is 0 Å². The van der Waals surface area contributed by atoms with Crippen molar-refractivity contribution in [1.82, 2.24) is 0 Å². The largest absolute Gasteiger partial charge is 0.726 e. The molecule has 7 atom stereocenters. The predicted molar refractivity (Wildman–Crippen MR) is 184 cm³/mol. The normalized spacial score (nSPS) is 25.1. The van der Waals surface area contributed by atoms with Gasteiger partial charge in [-0.3, -0.25) is 13.8 Å². The van der Waals surface area contributed by atoms with Crippen LogP contribution in [0.4, 0.5) is 0 Å². The minimum atomic E-state index is -5.19. The van der Waals surface area contributed by atoms with Crippen LogP contribution in [0, 0.1) is 5.92 Å². The molecule has 0 aromatic heterocycles. The van der Waals surface area contributed by atoms with E-state index in [4.69, 9.17) is 37.3 Å². The fourth-order valence-electron chi connectivity index (χ4n) is 5.95. The number of carbonyl (C=O) groups excluding carboxylic acids is 2. The van der Waals surface area contributed by atoms with Crippen molar-refractivity contribution in [3.63, 3.8) is 0 Å². The summed E-state index contributed by atoms with van der Waals surface area (Å²) in [5.41, 5.74) is 2.93. The van der Waals surface area contributed by atoms with Gasteiger partial charge in [0.05, 0.1) is 47.3 Å². The third-order valence-electron chi connectivity index (χ3n) is 8.48. The predicted octanol–water partition coefficient (Wildman–Crippen LogP) is 2.92. The molecule has 0 aliphatic carbocycles. The van der Waals surface area contributed by atoms with Crippen molar-refractivity contribution in [2.75, 3.05) is 38.9 Å². The van der Waals surface area contributed by atoms with Gasteiger partial charge in [0, 0.05) is 10.9 Å². The summed E-state index contributed by atoms with van der Waals surface area (Å²) in [6.45, 7) is 0.759. The summed E-state index contributed by atoms with van der Waals surface area (Å²) in [6.07, 6.45) is -4.83. The van der Waals surface area contributed by atoms with Crippen LogP contribution in [0.25, 0.3) is 0 Å². The third-order valence-corrected chi connectivity index (χ3v) is 11.7. The van der Waals surface area contributed by atoms with Crippen molar-refractivity contribution in [3.05, 3.63) is 108 Å². The summed E-state index contributed by atoms with van der Waals surface area (Å²) in [6, 6.07) is 29.2. The van der Waals surface area contributed by atoms with Crippen LogP contribution in [0.15, 0.2) is 91.0 Å². The summed E-state index contributed by atoms with van der Waals surface area (Å²) in [7, 11) is -3.66. The van der Waals surface area contributed by atoms with Gasteiger partial charge in [-0.1, -0.05) is 91.0 Å². The standard InChI is InChI=1S/C36H42O13S2/c1-42-34(37)32(35(38)43-2)36-47-21-28(49-51(39,40)41)29(48-36)23-50-24-30(45-19-26-14-8-4-9-15-26)33(46-20-27-16-10-5-11-17-27)31(50)22-44-18-25-12-6-3-7-13-25/h3-17,28-33,36H,18-24H2,1-2H3/t28-,29+,30+,31+,33-,36?,50?/m0/s1. The lowest BCUT2D eigenvalue weighted by Crippen LogP contribution is -2.54. The lowest BCUT2D eigenvalue weighted by molar-refractivity contribution is -0.261. The van der Waals surface area contributed by atoms with Gasteiger partial charge in [-0.15, -0.1) is 0 Å². The fourth-order valence-corrected chi connectivity index (χ4v) is 9.41. The Hall–Kier alpha value is -3.38. The van der Waals surface area contributed by atoms with Gasteiger partial charge in [-0.05, 0) is 16.7 Å². The Morgan fingerprint density at radius 1 is 0.804 bits per heavy atom. The fraction of sp³-hybridized carbons (Fsp3) is 0.444. The molecule has 0 spiro atoms. The summed E-state index contributed by atoms with van der Waals surface area (Å²) < 4.78 is 81.0.